The van der Waals surface area contributed by atoms with Crippen LogP contribution in [-0.2, 0) is 0 Å². The van der Waals surface area contributed by atoms with E-state index >= 15 is 0 Å². The molecule has 0 aliphatic carbocycles. The molecule has 2 aromatic carbocycles. The summed E-state index contributed by atoms with van der Waals surface area (Å²) < 4.78 is 0. The first-order valence-electron chi connectivity index (χ1n) is 10.1. The molecule has 1 fully saturated rings. The van der Waals surface area contributed by atoms with Crippen LogP contribution in [0.2, 0.25) is 5.02 Å². The molecule has 4 aromatic rings. The Bertz CT molecular complexity index is 1230. The summed E-state index contributed by atoms with van der Waals surface area (Å²) >= 11 is 7.36. The zero-order valence-electron chi connectivity index (χ0n) is 16.8. The maximum Gasteiger partial charge on any atom is 0.266 e. The van der Waals surface area contributed by atoms with Crippen molar-refractivity contribution in [3.8, 4) is 11.3 Å². The summed E-state index contributed by atoms with van der Waals surface area (Å²) in [6.45, 7) is 2.95. The maximum atomic E-state index is 13.2. The Balaban J connectivity index is 1.36. The molecule has 2 N–H and O–H groups in total. The van der Waals surface area contributed by atoms with Crippen molar-refractivity contribution < 1.29 is 4.79 Å². The Kier molecular flexibility index (Phi) is 5.26. The lowest BCUT2D eigenvalue weighted by atomic mass is 10.1. The zero-order chi connectivity index (χ0) is 21.4. The number of benzene rings is 2. The van der Waals surface area contributed by atoms with Crippen molar-refractivity contribution in [1.29, 1.82) is 0 Å². The molecular weight excluding hydrogens is 428 g/mol. The van der Waals surface area contributed by atoms with Crippen LogP contribution in [0.3, 0.4) is 0 Å². The van der Waals surface area contributed by atoms with Crippen molar-refractivity contribution in [1.82, 2.24) is 9.88 Å². The molecule has 0 bridgehead atoms. The number of thiophene rings is 1. The van der Waals surface area contributed by atoms with Crippen LogP contribution in [0.25, 0.3) is 21.5 Å². The molecule has 3 heterocycles. The Morgan fingerprint density at radius 3 is 2.35 bits per heavy atom. The van der Waals surface area contributed by atoms with Crippen LogP contribution >= 0.6 is 22.9 Å². The maximum absolute atomic E-state index is 13.2. The summed E-state index contributed by atoms with van der Waals surface area (Å²) in [5.41, 5.74) is 9.89. The highest BCUT2D eigenvalue weighted by molar-refractivity contribution is 7.21. The van der Waals surface area contributed by atoms with E-state index < -0.39 is 0 Å². The summed E-state index contributed by atoms with van der Waals surface area (Å²) in [5.74, 6) is -0.0127. The third-order valence-corrected chi connectivity index (χ3v) is 6.97. The van der Waals surface area contributed by atoms with Gasteiger partial charge in [-0.05, 0) is 36.4 Å². The number of fused-ring (bicyclic) bond motifs is 1. The second-order valence-corrected chi connectivity index (χ2v) is 8.95. The molecule has 1 saturated heterocycles. The van der Waals surface area contributed by atoms with Crippen LogP contribution in [0.15, 0.2) is 66.7 Å². The molecule has 0 unspecified atom stereocenters. The average molecular weight is 449 g/mol. The van der Waals surface area contributed by atoms with Crippen LogP contribution in [0.4, 0.5) is 11.4 Å². The summed E-state index contributed by atoms with van der Waals surface area (Å²) in [7, 11) is 0. The van der Waals surface area contributed by atoms with Crippen LogP contribution in [0.5, 0.6) is 0 Å². The van der Waals surface area contributed by atoms with Gasteiger partial charge in [-0.25, -0.2) is 4.98 Å². The molecular formula is C24H21ClN4OS. The molecule has 5 nitrogen and oxygen atoms in total. The number of carbonyl (C=O) groups is 1. The highest BCUT2D eigenvalue weighted by Gasteiger charge is 2.26. The van der Waals surface area contributed by atoms with Crippen molar-refractivity contribution in [3.05, 3.63) is 76.6 Å². The number of nitrogen functional groups attached to an aromatic ring is 1. The van der Waals surface area contributed by atoms with Gasteiger partial charge in [-0.15, -0.1) is 11.3 Å². The van der Waals surface area contributed by atoms with Gasteiger partial charge in [0.05, 0.1) is 11.4 Å². The molecule has 0 radical (unpaired) electrons. The number of piperazine rings is 1. The first-order valence-corrected chi connectivity index (χ1v) is 11.3. The second-order valence-electron chi connectivity index (χ2n) is 7.52. The predicted molar refractivity (Wildman–Crippen MR) is 129 cm³/mol. The van der Waals surface area contributed by atoms with Crippen molar-refractivity contribution in [2.45, 2.75) is 0 Å². The molecule has 1 aliphatic heterocycles. The van der Waals surface area contributed by atoms with Gasteiger partial charge in [-0.2, -0.15) is 0 Å². The predicted octanol–water partition coefficient (Wildman–Crippen LogP) is 5.16. The number of hydrogen-bond donors (Lipinski definition) is 1. The minimum atomic E-state index is -0.0127. The number of amides is 1. The number of rotatable bonds is 3. The van der Waals surface area contributed by atoms with E-state index in [0.29, 0.717) is 28.7 Å². The lowest BCUT2D eigenvalue weighted by Crippen LogP contribution is -2.48. The topological polar surface area (TPSA) is 62.5 Å². The summed E-state index contributed by atoms with van der Waals surface area (Å²) in [6, 6.07) is 21.7. The molecule has 1 aliphatic rings. The molecule has 2 aromatic heterocycles. The number of nitrogens with zero attached hydrogens (tertiary/aromatic N) is 3. The van der Waals surface area contributed by atoms with Gasteiger partial charge in [-0.1, -0.05) is 41.9 Å². The number of halogens is 1. The lowest BCUT2D eigenvalue weighted by Gasteiger charge is -2.36. The summed E-state index contributed by atoms with van der Waals surface area (Å²) in [4.78, 5) is 23.5. The van der Waals surface area contributed by atoms with Crippen molar-refractivity contribution in [3.63, 3.8) is 0 Å². The van der Waals surface area contributed by atoms with E-state index in [1.807, 2.05) is 59.5 Å². The van der Waals surface area contributed by atoms with E-state index in [1.165, 1.54) is 17.0 Å². The van der Waals surface area contributed by atoms with E-state index in [9.17, 15) is 4.79 Å². The Morgan fingerprint density at radius 2 is 1.65 bits per heavy atom. The van der Waals surface area contributed by atoms with Crippen LogP contribution in [0.1, 0.15) is 9.67 Å². The number of carbonyl (C=O) groups excluding carboxylic acids is 1. The summed E-state index contributed by atoms with van der Waals surface area (Å²) in [6.07, 6.45) is 0. The number of pyridine rings is 1. The molecule has 156 valence electrons. The Morgan fingerprint density at radius 1 is 0.935 bits per heavy atom. The quantitative estimate of drug-likeness (QED) is 0.470. The van der Waals surface area contributed by atoms with Gasteiger partial charge in [-0.3, -0.25) is 4.79 Å². The van der Waals surface area contributed by atoms with Crippen molar-refractivity contribution >= 4 is 50.4 Å². The van der Waals surface area contributed by atoms with E-state index in [0.717, 1.165) is 34.6 Å². The Hall–Kier alpha value is -3.09. The van der Waals surface area contributed by atoms with Crippen molar-refractivity contribution in [2.75, 3.05) is 36.8 Å². The third kappa shape index (κ3) is 3.84. The lowest BCUT2D eigenvalue weighted by molar-refractivity contribution is 0.0752. The fourth-order valence-electron chi connectivity index (χ4n) is 3.89. The molecule has 0 atom stereocenters. The first-order chi connectivity index (χ1) is 15.1. The van der Waals surface area contributed by atoms with Gasteiger partial charge in [0.15, 0.2) is 0 Å². The average Bonchev–Trinajstić information content (AvgIpc) is 3.15. The van der Waals surface area contributed by atoms with E-state index in [1.54, 1.807) is 0 Å². The van der Waals surface area contributed by atoms with Gasteiger partial charge in [0.2, 0.25) is 0 Å². The van der Waals surface area contributed by atoms with E-state index in [2.05, 4.69) is 17.0 Å². The van der Waals surface area contributed by atoms with Gasteiger partial charge in [0, 0.05) is 47.8 Å². The molecule has 0 spiro atoms. The molecule has 0 saturated carbocycles. The number of anilines is 2. The molecule has 31 heavy (non-hydrogen) atoms. The SMILES string of the molecule is Nc1c(C(=O)N2CCN(c3ccccc3)CC2)sc2nc(-c3ccc(Cl)cc3)ccc12. The third-order valence-electron chi connectivity index (χ3n) is 5.62. The largest absolute Gasteiger partial charge is 0.397 e. The highest BCUT2D eigenvalue weighted by Crippen LogP contribution is 2.35. The van der Waals surface area contributed by atoms with Gasteiger partial charge >= 0.3 is 0 Å². The first kappa shape index (κ1) is 19.8. The number of nitrogens with two attached hydrogens (primary N) is 1. The number of para-hydroxylation sites is 1. The molecule has 5 rings (SSSR count). The van der Waals surface area contributed by atoms with Gasteiger partial charge in [0.25, 0.3) is 5.91 Å². The van der Waals surface area contributed by atoms with E-state index in [4.69, 9.17) is 22.3 Å². The van der Waals surface area contributed by atoms with E-state index in [-0.39, 0.29) is 5.91 Å². The zero-order valence-corrected chi connectivity index (χ0v) is 18.4. The van der Waals surface area contributed by atoms with Crippen molar-refractivity contribution in [2.24, 2.45) is 0 Å². The summed E-state index contributed by atoms with van der Waals surface area (Å²) in [5, 5.41) is 1.51. The van der Waals surface area contributed by atoms with Crippen LogP contribution in [0, 0.1) is 0 Å². The minimum absolute atomic E-state index is 0.0127. The minimum Gasteiger partial charge on any atom is -0.397 e. The fourth-order valence-corrected chi connectivity index (χ4v) is 5.08. The van der Waals surface area contributed by atoms with Gasteiger partial charge in [0.1, 0.15) is 9.71 Å². The number of hydrogen-bond acceptors (Lipinski definition) is 5. The second kappa shape index (κ2) is 8.21. The molecule has 1 amide bonds. The molecule has 7 heteroatoms. The highest BCUT2D eigenvalue weighted by atomic mass is 35.5. The van der Waals surface area contributed by atoms with Gasteiger partial charge < -0.3 is 15.5 Å². The standard InChI is InChI=1S/C24H21ClN4OS/c25-17-8-6-16(7-9-17)20-11-10-19-21(26)22(31-23(19)27-20)24(30)29-14-12-28(13-15-29)18-4-2-1-3-5-18/h1-11H,12-15,26H2. The fraction of sp³-hybridized carbons (Fsp3) is 0.167. The number of aromatic nitrogens is 1. The Labute approximate surface area is 189 Å². The normalized spacial score (nSPS) is 14.2. The monoisotopic (exact) mass is 448 g/mol. The van der Waals surface area contributed by atoms with Crippen LogP contribution < -0.4 is 10.6 Å². The van der Waals surface area contributed by atoms with Crippen LogP contribution in [-0.4, -0.2) is 42.0 Å². The smallest absolute Gasteiger partial charge is 0.266 e.